The third-order valence-electron chi connectivity index (χ3n) is 2.23. The molecule has 1 fully saturated rings. The largest absolute Gasteiger partial charge is 0.479 e. The molecule has 1 heterocycles. The first-order chi connectivity index (χ1) is 6.34. The minimum atomic E-state index is 0.785. The highest BCUT2D eigenvalue weighted by atomic mass is 32.1. The molecule has 0 saturated heterocycles. The van der Waals surface area contributed by atoms with Crippen LogP contribution in [0.2, 0.25) is 0 Å². The fourth-order valence-corrected chi connectivity index (χ4v) is 1.43. The summed E-state index contributed by atoms with van der Waals surface area (Å²) in [5.41, 5.74) is 0. The van der Waals surface area contributed by atoms with Crippen LogP contribution in [0.15, 0.2) is 18.3 Å². The Morgan fingerprint density at radius 2 is 2.38 bits per heavy atom. The second-order valence-electron chi connectivity index (χ2n) is 3.47. The van der Waals surface area contributed by atoms with Crippen molar-refractivity contribution in [2.24, 2.45) is 5.92 Å². The average molecular weight is 195 g/mol. The van der Waals surface area contributed by atoms with Crippen molar-refractivity contribution in [3.63, 3.8) is 0 Å². The summed E-state index contributed by atoms with van der Waals surface area (Å²) in [5, 5.41) is 0. The number of aromatic nitrogens is 1. The highest BCUT2D eigenvalue weighted by Gasteiger charge is 2.20. The SMILES string of the molecule is S=c1cc[nH]c(OCCC2CC2)c1. The molecule has 13 heavy (non-hydrogen) atoms. The van der Waals surface area contributed by atoms with Crippen LogP contribution in [0.1, 0.15) is 19.3 Å². The molecule has 0 spiro atoms. The van der Waals surface area contributed by atoms with E-state index in [9.17, 15) is 0 Å². The van der Waals surface area contributed by atoms with E-state index in [0.29, 0.717) is 0 Å². The van der Waals surface area contributed by atoms with Crippen molar-refractivity contribution < 1.29 is 4.74 Å². The van der Waals surface area contributed by atoms with Crippen LogP contribution < -0.4 is 4.74 Å². The lowest BCUT2D eigenvalue weighted by molar-refractivity contribution is 0.291. The zero-order chi connectivity index (χ0) is 9.10. The van der Waals surface area contributed by atoms with Crippen LogP contribution in [0.5, 0.6) is 5.88 Å². The molecule has 1 aromatic rings. The number of hydrogen-bond donors (Lipinski definition) is 1. The fourth-order valence-electron chi connectivity index (χ4n) is 1.25. The first kappa shape index (κ1) is 8.75. The van der Waals surface area contributed by atoms with Crippen molar-refractivity contribution in [2.75, 3.05) is 6.61 Å². The molecule has 1 aromatic heterocycles. The van der Waals surface area contributed by atoms with Crippen LogP contribution in [0, 0.1) is 10.4 Å². The van der Waals surface area contributed by atoms with E-state index in [1.807, 2.05) is 18.3 Å². The van der Waals surface area contributed by atoms with Crippen LogP contribution in [0.25, 0.3) is 0 Å². The molecule has 0 bridgehead atoms. The van der Waals surface area contributed by atoms with E-state index in [2.05, 4.69) is 4.98 Å². The van der Waals surface area contributed by atoms with E-state index >= 15 is 0 Å². The minimum Gasteiger partial charge on any atom is -0.479 e. The summed E-state index contributed by atoms with van der Waals surface area (Å²) in [6.45, 7) is 0.806. The first-order valence-corrected chi connectivity index (χ1v) is 5.07. The number of H-pyrrole nitrogens is 1. The van der Waals surface area contributed by atoms with Gasteiger partial charge in [0.05, 0.1) is 6.61 Å². The van der Waals surface area contributed by atoms with Gasteiger partial charge in [-0.25, -0.2) is 0 Å². The van der Waals surface area contributed by atoms with Gasteiger partial charge >= 0.3 is 0 Å². The minimum absolute atomic E-state index is 0.785. The molecule has 1 aliphatic carbocycles. The number of aromatic amines is 1. The third kappa shape index (κ3) is 2.84. The summed E-state index contributed by atoms with van der Waals surface area (Å²) in [6, 6.07) is 3.70. The predicted molar refractivity (Wildman–Crippen MR) is 54.5 cm³/mol. The standard InChI is InChI=1S/C10H13NOS/c13-9-3-5-11-10(7-9)12-6-4-8-1-2-8/h3,5,7-8H,1-2,4,6H2,(H,11,13). The lowest BCUT2D eigenvalue weighted by atomic mass is 10.3. The Morgan fingerprint density at radius 1 is 1.54 bits per heavy atom. The molecule has 0 aromatic carbocycles. The van der Waals surface area contributed by atoms with Crippen LogP contribution in [0.4, 0.5) is 0 Å². The van der Waals surface area contributed by atoms with Crippen molar-refractivity contribution >= 4 is 12.2 Å². The smallest absolute Gasteiger partial charge is 0.192 e. The van der Waals surface area contributed by atoms with Gasteiger partial charge in [0.2, 0.25) is 0 Å². The molecule has 2 nitrogen and oxygen atoms in total. The maximum atomic E-state index is 5.52. The molecule has 70 valence electrons. The Kier molecular flexibility index (Phi) is 2.64. The zero-order valence-electron chi connectivity index (χ0n) is 7.45. The van der Waals surface area contributed by atoms with Crippen LogP contribution in [-0.4, -0.2) is 11.6 Å². The lowest BCUT2D eigenvalue weighted by Gasteiger charge is -2.04. The maximum absolute atomic E-state index is 5.52. The molecule has 1 N–H and O–H groups in total. The Hall–Kier alpha value is -0.830. The molecule has 1 aliphatic rings. The van der Waals surface area contributed by atoms with Gasteiger partial charge in [-0.05, 0) is 18.4 Å². The van der Waals surface area contributed by atoms with Crippen molar-refractivity contribution in [3.8, 4) is 5.88 Å². The zero-order valence-corrected chi connectivity index (χ0v) is 8.27. The first-order valence-electron chi connectivity index (χ1n) is 4.66. The van der Waals surface area contributed by atoms with Crippen LogP contribution in [-0.2, 0) is 0 Å². The molecular formula is C10H13NOS. The number of ether oxygens (including phenoxy) is 1. The Balaban J connectivity index is 1.82. The van der Waals surface area contributed by atoms with E-state index in [1.165, 1.54) is 19.3 Å². The lowest BCUT2D eigenvalue weighted by Crippen LogP contribution is -1.99. The Morgan fingerprint density at radius 3 is 3.08 bits per heavy atom. The summed E-state index contributed by atoms with van der Waals surface area (Å²) in [5.74, 6) is 1.71. The molecule has 0 aliphatic heterocycles. The summed E-state index contributed by atoms with van der Waals surface area (Å²) < 4.78 is 6.34. The van der Waals surface area contributed by atoms with Crippen LogP contribution in [0.3, 0.4) is 0 Å². The third-order valence-corrected chi connectivity index (χ3v) is 2.48. The number of pyridine rings is 1. The van der Waals surface area contributed by atoms with Gasteiger partial charge in [0, 0.05) is 16.8 Å². The van der Waals surface area contributed by atoms with E-state index in [4.69, 9.17) is 17.0 Å². The summed E-state index contributed by atoms with van der Waals surface area (Å²) in [6.07, 6.45) is 5.76. The molecular weight excluding hydrogens is 182 g/mol. The van der Waals surface area contributed by atoms with Gasteiger partial charge in [0.15, 0.2) is 5.88 Å². The normalized spacial score (nSPS) is 15.7. The molecule has 0 atom stereocenters. The van der Waals surface area contributed by atoms with Gasteiger partial charge in [-0.2, -0.15) is 0 Å². The number of hydrogen-bond acceptors (Lipinski definition) is 2. The Bertz CT molecular complexity index is 330. The average Bonchev–Trinajstić information content (AvgIpc) is 2.88. The van der Waals surface area contributed by atoms with Gasteiger partial charge in [-0.15, -0.1) is 0 Å². The molecule has 0 amide bonds. The van der Waals surface area contributed by atoms with Gasteiger partial charge in [-0.1, -0.05) is 25.1 Å². The molecule has 0 unspecified atom stereocenters. The molecule has 0 radical (unpaired) electrons. The van der Waals surface area contributed by atoms with Gasteiger partial charge in [0.1, 0.15) is 0 Å². The quantitative estimate of drug-likeness (QED) is 0.747. The van der Waals surface area contributed by atoms with Gasteiger partial charge < -0.3 is 9.72 Å². The topological polar surface area (TPSA) is 25.0 Å². The fraction of sp³-hybridized carbons (Fsp3) is 0.500. The van der Waals surface area contributed by atoms with Crippen molar-refractivity contribution in [1.29, 1.82) is 0 Å². The maximum Gasteiger partial charge on any atom is 0.192 e. The summed E-state index contributed by atoms with van der Waals surface area (Å²) >= 11 is 5.01. The molecule has 2 rings (SSSR count). The van der Waals surface area contributed by atoms with Crippen molar-refractivity contribution in [2.45, 2.75) is 19.3 Å². The second kappa shape index (κ2) is 3.92. The number of nitrogens with one attached hydrogen (secondary N) is 1. The van der Waals surface area contributed by atoms with Gasteiger partial charge in [0.25, 0.3) is 0 Å². The van der Waals surface area contributed by atoms with Crippen LogP contribution >= 0.6 is 12.2 Å². The predicted octanol–water partition coefficient (Wildman–Crippen LogP) is 2.92. The van der Waals surface area contributed by atoms with E-state index in [1.54, 1.807) is 0 Å². The van der Waals surface area contributed by atoms with E-state index in [0.717, 1.165) is 22.9 Å². The summed E-state index contributed by atoms with van der Waals surface area (Å²) in [4.78, 5) is 3.01. The van der Waals surface area contributed by atoms with E-state index in [-0.39, 0.29) is 0 Å². The highest BCUT2D eigenvalue weighted by Crippen LogP contribution is 2.32. The van der Waals surface area contributed by atoms with Gasteiger partial charge in [-0.3, -0.25) is 0 Å². The van der Waals surface area contributed by atoms with Crippen molar-refractivity contribution in [1.82, 2.24) is 4.98 Å². The highest BCUT2D eigenvalue weighted by molar-refractivity contribution is 7.71. The Labute approximate surface area is 82.9 Å². The number of rotatable bonds is 4. The monoisotopic (exact) mass is 195 g/mol. The summed E-state index contributed by atoms with van der Waals surface area (Å²) in [7, 11) is 0. The molecule has 3 heteroatoms. The molecule has 1 saturated carbocycles. The second-order valence-corrected chi connectivity index (χ2v) is 3.94. The van der Waals surface area contributed by atoms with E-state index < -0.39 is 0 Å². The van der Waals surface area contributed by atoms with Crippen molar-refractivity contribution in [3.05, 3.63) is 22.8 Å².